The van der Waals surface area contributed by atoms with Gasteiger partial charge in [-0.3, -0.25) is 9.78 Å². The first-order valence-electron chi connectivity index (χ1n) is 3.82. The molecule has 4 heteroatoms. The van der Waals surface area contributed by atoms with Gasteiger partial charge in [-0.2, -0.15) is 0 Å². The van der Waals surface area contributed by atoms with E-state index in [9.17, 15) is 4.79 Å². The number of nitrogens with zero attached hydrogens (tertiary/aromatic N) is 2. The van der Waals surface area contributed by atoms with Gasteiger partial charge < -0.3 is 4.98 Å². The monoisotopic (exact) mass is 173 g/mol. The van der Waals surface area contributed by atoms with E-state index in [2.05, 4.69) is 15.0 Å². The zero-order chi connectivity index (χ0) is 9.10. The van der Waals surface area contributed by atoms with Crippen LogP contribution in [0.2, 0.25) is 0 Å². The van der Waals surface area contributed by atoms with Crippen LogP contribution in [0, 0.1) is 0 Å². The first kappa shape index (κ1) is 7.67. The number of hydrogen-bond donors (Lipinski definition) is 1. The summed E-state index contributed by atoms with van der Waals surface area (Å²) in [5.41, 5.74) is 0.539. The molecule has 2 aromatic heterocycles. The Balaban J connectivity index is 2.34. The van der Waals surface area contributed by atoms with Gasteiger partial charge >= 0.3 is 0 Å². The molecule has 1 N–H and O–H groups in total. The molecule has 0 saturated heterocycles. The summed E-state index contributed by atoms with van der Waals surface area (Å²) < 4.78 is 0. The fourth-order valence-corrected chi connectivity index (χ4v) is 1.02. The lowest BCUT2D eigenvalue weighted by Crippen LogP contribution is -2.03. The Bertz CT molecular complexity index is 394. The lowest BCUT2D eigenvalue weighted by atomic mass is 10.2. The van der Waals surface area contributed by atoms with Crippen LogP contribution < -0.4 is 0 Å². The number of H-pyrrole nitrogens is 1. The van der Waals surface area contributed by atoms with Crippen LogP contribution in [-0.4, -0.2) is 20.7 Å². The van der Waals surface area contributed by atoms with E-state index in [1.165, 1.54) is 6.20 Å². The van der Waals surface area contributed by atoms with Crippen LogP contribution in [0.3, 0.4) is 0 Å². The van der Waals surface area contributed by atoms with Crippen molar-refractivity contribution < 1.29 is 4.79 Å². The number of imidazole rings is 1. The van der Waals surface area contributed by atoms with E-state index in [1.807, 2.05) is 0 Å². The summed E-state index contributed by atoms with van der Waals surface area (Å²) in [6, 6.07) is 3.42. The normalized spacial score (nSPS) is 9.85. The quantitative estimate of drug-likeness (QED) is 0.690. The number of carbonyl (C=O) groups is 1. The molecule has 0 atom stereocenters. The Kier molecular flexibility index (Phi) is 1.88. The van der Waals surface area contributed by atoms with Crippen molar-refractivity contribution in [3.05, 3.63) is 48.3 Å². The number of aromatic nitrogens is 3. The van der Waals surface area contributed by atoms with Gasteiger partial charge in [0.2, 0.25) is 5.78 Å². The standard InChI is InChI=1S/C9H7N3O/c13-8(9-11-4-5-12-9)7-2-1-3-10-6-7/h1-6H,(H,11,12). The Hall–Kier alpha value is -1.97. The molecule has 0 radical (unpaired) electrons. The Labute approximate surface area is 74.7 Å². The van der Waals surface area contributed by atoms with Crippen molar-refractivity contribution in [3.8, 4) is 0 Å². The van der Waals surface area contributed by atoms with Crippen LogP contribution in [0.1, 0.15) is 16.2 Å². The number of pyridine rings is 1. The molecule has 0 aliphatic heterocycles. The molecular weight excluding hydrogens is 166 g/mol. The first-order chi connectivity index (χ1) is 6.38. The molecule has 0 saturated carbocycles. The van der Waals surface area contributed by atoms with Gasteiger partial charge in [-0.05, 0) is 12.1 Å². The summed E-state index contributed by atoms with van der Waals surface area (Å²) in [4.78, 5) is 22.0. The largest absolute Gasteiger partial charge is 0.342 e. The summed E-state index contributed by atoms with van der Waals surface area (Å²) in [7, 11) is 0. The predicted octanol–water partition coefficient (Wildman–Crippen LogP) is 1.04. The van der Waals surface area contributed by atoms with E-state index >= 15 is 0 Å². The highest BCUT2D eigenvalue weighted by Crippen LogP contribution is 2.02. The second-order valence-electron chi connectivity index (χ2n) is 2.51. The maximum atomic E-state index is 11.6. The third-order valence-electron chi connectivity index (χ3n) is 1.64. The average molecular weight is 173 g/mol. The van der Waals surface area contributed by atoms with Gasteiger partial charge in [-0.1, -0.05) is 0 Å². The van der Waals surface area contributed by atoms with Crippen LogP contribution in [0.15, 0.2) is 36.9 Å². The molecule has 2 heterocycles. The van der Waals surface area contributed by atoms with Gasteiger partial charge in [0, 0.05) is 30.4 Å². The molecule has 0 spiro atoms. The summed E-state index contributed by atoms with van der Waals surface area (Å²) in [6.07, 6.45) is 6.30. The highest BCUT2D eigenvalue weighted by molar-refractivity contribution is 6.06. The maximum absolute atomic E-state index is 11.6. The minimum atomic E-state index is -0.141. The van der Waals surface area contributed by atoms with Crippen LogP contribution in [0.25, 0.3) is 0 Å². The molecule has 13 heavy (non-hydrogen) atoms. The molecule has 0 unspecified atom stereocenters. The van der Waals surface area contributed by atoms with Gasteiger partial charge in [0.15, 0.2) is 5.82 Å². The summed E-state index contributed by atoms with van der Waals surface area (Å²) in [5, 5.41) is 0. The number of carbonyl (C=O) groups excluding carboxylic acids is 1. The van der Waals surface area contributed by atoms with Crippen molar-refractivity contribution in [1.82, 2.24) is 15.0 Å². The molecule has 64 valence electrons. The van der Waals surface area contributed by atoms with Crippen LogP contribution in [0.5, 0.6) is 0 Å². The fourth-order valence-electron chi connectivity index (χ4n) is 1.02. The minimum Gasteiger partial charge on any atom is -0.342 e. The van der Waals surface area contributed by atoms with E-state index in [0.717, 1.165) is 0 Å². The number of ketones is 1. The SMILES string of the molecule is O=C(c1cccnc1)c1ncc[nH]1. The second-order valence-corrected chi connectivity index (χ2v) is 2.51. The zero-order valence-corrected chi connectivity index (χ0v) is 6.77. The number of hydrogen-bond acceptors (Lipinski definition) is 3. The maximum Gasteiger partial charge on any atom is 0.229 e. The number of rotatable bonds is 2. The van der Waals surface area contributed by atoms with E-state index < -0.39 is 0 Å². The summed E-state index contributed by atoms with van der Waals surface area (Å²) in [6.45, 7) is 0. The molecule has 0 aliphatic carbocycles. The van der Waals surface area contributed by atoms with Gasteiger partial charge in [0.25, 0.3) is 0 Å². The lowest BCUT2D eigenvalue weighted by Gasteiger charge is -1.94. The van der Waals surface area contributed by atoms with Crippen molar-refractivity contribution in [2.75, 3.05) is 0 Å². The van der Waals surface area contributed by atoms with Gasteiger partial charge in [-0.25, -0.2) is 4.98 Å². The lowest BCUT2D eigenvalue weighted by molar-refractivity contribution is 0.103. The summed E-state index contributed by atoms with van der Waals surface area (Å²) in [5.74, 6) is 0.200. The first-order valence-corrected chi connectivity index (χ1v) is 3.82. The van der Waals surface area contributed by atoms with Crippen molar-refractivity contribution in [2.24, 2.45) is 0 Å². The van der Waals surface area contributed by atoms with Crippen molar-refractivity contribution in [3.63, 3.8) is 0 Å². The van der Waals surface area contributed by atoms with Crippen LogP contribution in [-0.2, 0) is 0 Å². The van der Waals surface area contributed by atoms with Crippen molar-refractivity contribution in [2.45, 2.75) is 0 Å². The molecule has 0 aliphatic rings. The second kappa shape index (κ2) is 3.18. The van der Waals surface area contributed by atoms with Crippen LogP contribution >= 0.6 is 0 Å². The molecule has 2 aromatic rings. The third-order valence-corrected chi connectivity index (χ3v) is 1.64. The van der Waals surface area contributed by atoms with E-state index in [1.54, 1.807) is 30.7 Å². The molecular formula is C9H7N3O. The molecule has 2 rings (SSSR count). The fraction of sp³-hybridized carbons (Fsp3) is 0. The van der Waals surface area contributed by atoms with Crippen LogP contribution in [0.4, 0.5) is 0 Å². The van der Waals surface area contributed by atoms with Gasteiger partial charge in [0.05, 0.1) is 0 Å². The number of nitrogens with one attached hydrogen (secondary N) is 1. The topological polar surface area (TPSA) is 58.6 Å². The smallest absolute Gasteiger partial charge is 0.229 e. The molecule has 0 bridgehead atoms. The van der Waals surface area contributed by atoms with E-state index in [4.69, 9.17) is 0 Å². The number of aromatic amines is 1. The van der Waals surface area contributed by atoms with E-state index in [-0.39, 0.29) is 5.78 Å². The molecule has 0 aromatic carbocycles. The Morgan fingerprint density at radius 1 is 1.38 bits per heavy atom. The third kappa shape index (κ3) is 1.46. The Morgan fingerprint density at radius 3 is 2.92 bits per heavy atom. The minimum absolute atomic E-state index is 0.141. The average Bonchev–Trinajstić information content (AvgIpc) is 2.71. The Morgan fingerprint density at radius 2 is 2.31 bits per heavy atom. The van der Waals surface area contributed by atoms with E-state index in [0.29, 0.717) is 11.4 Å². The molecule has 0 fully saturated rings. The van der Waals surface area contributed by atoms with Gasteiger partial charge in [-0.15, -0.1) is 0 Å². The highest BCUT2D eigenvalue weighted by atomic mass is 16.1. The van der Waals surface area contributed by atoms with Crippen molar-refractivity contribution in [1.29, 1.82) is 0 Å². The molecule has 0 amide bonds. The molecule has 4 nitrogen and oxygen atoms in total. The highest BCUT2D eigenvalue weighted by Gasteiger charge is 2.09. The zero-order valence-electron chi connectivity index (χ0n) is 6.77. The summed E-state index contributed by atoms with van der Waals surface area (Å²) >= 11 is 0. The predicted molar refractivity (Wildman–Crippen MR) is 46.3 cm³/mol. The van der Waals surface area contributed by atoms with Gasteiger partial charge in [0.1, 0.15) is 0 Å². The van der Waals surface area contributed by atoms with Crippen molar-refractivity contribution >= 4 is 5.78 Å².